The highest BCUT2D eigenvalue weighted by Gasteiger charge is 2.64. The van der Waals surface area contributed by atoms with Crippen molar-refractivity contribution >= 4 is 10.1 Å². The molecular weight excluding hydrogens is 358 g/mol. The van der Waals surface area contributed by atoms with Gasteiger partial charge in [-0.25, -0.2) is 0 Å². The van der Waals surface area contributed by atoms with Crippen molar-refractivity contribution in [1.82, 2.24) is 4.90 Å². The van der Waals surface area contributed by atoms with Gasteiger partial charge in [0.15, 0.2) is 11.5 Å². The van der Waals surface area contributed by atoms with E-state index in [0.717, 1.165) is 24.1 Å². The zero-order valence-electron chi connectivity index (χ0n) is 14.3. The van der Waals surface area contributed by atoms with Crippen molar-refractivity contribution in [2.45, 2.75) is 42.3 Å². The van der Waals surface area contributed by atoms with E-state index in [2.05, 4.69) is 18.0 Å². The van der Waals surface area contributed by atoms with Crippen molar-refractivity contribution in [2.24, 2.45) is 5.92 Å². The molecule has 0 saturated carbocycles. The molecule has 2 aliphatic carbocycles. The summed E-state index contributed by atoms with van der Waals surface area (Å²) in [5.41, 5.74) is 1.60. The van der Waals surface area contributed by atoms with Crippen molar-refractivity contribution in [3.05, 3.63) is 34.9 Å². The van der Waals surface area contributed by atoms with Crippen LogP contribution < -0.4 is 4.74 Å². The van der Waals surface area contributed by atoms with Crippen LogP contribution in [-0.2, 0) is 27.7 Å². The highest BCUT2D eigenvalue weighted by molar-refractivity contribution is 7.85. The third-order valence-corrected chi connectivity index (χ3v) is 7.38. The van der Waals surface area contributed by atoms with E-state index in [1.165, 1.54) is 6.07 Å². The number of nitrogens with zero attached hydrogens (tertiary/aromatic N) is 1. The van der Waals surface area contributed by atoms with Gasteiger partial charge < -0.3 is 19.8 Å². The number of aliphatic hydroxyl groups is 1. The Hall–Kier alpha value is -1.61. The summed E-state index contributed by atoms with van der Waals surface area (Å²) in [5, 5.41) is 21.1. The van der Waals surface area contributed by atoms with E-state index in [0.29, 0.717) is 17.7 Å². The summed E-state index contributed by atoms with van der Waals surface area (Å²) in [5.74, 6) is -0.179. The maximum absolute atomic E-state index is 11.5. The first kappa shape index (κ1) is 16.6. The van der Waals surface area contributed by atoms with Gasteiger partial charge in [0, 0.05) is 22.9 Å². The Morgan fingerprint density at radius 2 is 2.15 bits per heavy atom. The largest absolute Gasteiger partial charge is 0.504 e. The summed E-state index contributed by atoms with van der Waals surface area (Å²) in [6.07, 6.45) is 3.92. The topological polar surface area (TPSA) is 107 Å². The first-order valence-corrected chi connectivity index (χ1v) is 10.4. The predicted octanol–water partition coefficient (Wildman–Crippen LogP) is 0.586. The molecule has 0 aromatic heterocycles. The van der Waals surface area contributed by atoms with Crippen LogP contribution in [-0.4, -0.2) is 59.9 Å². The minimum atomic E-state index is -4.24. The molecule has 4 aliphatic rings. The van der Waals surface area contributed by atoms with E-state index in [-0.39, 0.29) is 17.7 Å². The lowest BCUT2D eigenvalue weighted by atomic mass is 9.53. The van der Waals surface area contributed by atoms with Gasteiger partial charge in [-0.15, -0.1) is 0 Å². The number of aromatic hydroxyl groups is 1. The van der Waals surface area contributed by atoms with Crippen LogP contribution in [0.5, 0.6) is 11.5 Å². The van der Waals surface area contributed by atoms with Gasteiger partial charge >= 0.3 is 0 Å². The predicted molar refractivity (Wildman–Crippen MR) is 92.8 cm³/mol. The lowest BCUT2D eigenvalue weighted by molar-refractivity contribution is -0.0454. The first-order valence-electron chi connectivity index (χ1n) is 8.79. The first-order chi connectivity index (χ1) is 12.2. The molecule has 1 saturated heterocycles. The van der Waals surface area contributed by atoms with Crippen LogP contribution in [0.3, 0.4) is 0 Å². The van der Waals surface area contributed by atoms with Crippen LogP contribution in [0.25, 0.3) is 0 Å². The number of ether oxygens (including phenoxy) is 1. The number of hydrogen-bond donors (Lipinski definition) is 3. The number of likely N-dealkylation sites (tertiary alicyclic amines) is 1. The molecule has 1 fully saturated rings. The van der Waals surface area contributed by atoms with Crippen molar-refractivity contribution in [3.63, 3.8) is 0 Å². The second-order valence-electron chi connectivity index (χ2n) is 7.95. The number of rotatable bonds is 2. The molecule has 8 heteroatoms. The van der Waals surface area contributed by atoms with E-state index in [1.54, 1.807) is 6.08 Å². The fourth-order valence-electron chi connectivity index (χ4n) is 5.72. The van der Waals surface area contributed by atoms with E-state index < -0.39 is 33.5 Å². The Bertz CT molecular complexity index is 941. The van der Waals surface area contributed by atoms with Crippen molar-refractivity contribution in [2.75, 3.05) is 13.6 Å². The summed E-state index contributed by atoms with van der Waals surface area (Å²) in [4.78, 5) is 2.26. The van der Waals surface area contributed by atoms with Gasteiger partial charge in [0.2, 0.25) is 0 Å². The molecule has 2 heterocycles. The summed E-state index contributed by atoms with van der Waals surface area (Å²) in [7, 11) is -2.18. The van der Waals surface area contributed by atoms with Gasteiger partial charge in [-0.3, -0.25) is 4.55 Å². The molecule has 3 N–H and O–H groups in total. The smallest absolute Gasteiger partial charge is 0.269 e. The van der Waals surface area contributed by atoms with E-state index >= 15 is 0 Å². The molecular formula is C18H21NO6S. The molecule has 0 radical (unpaired) electrons. The van der Waals surface area contributed by atoms with Crippen LogP contribution in [0, 0.1) is 5.92 Å². The van der Waals surface area contributed by atoms with Gasteiger partial charge in [0.05, 0.1) is 0 Å². The molecule has 1 aromatic carbocycles. The molecule has 5 rings (SSSR count). The number of hydrogen-bond acceptors (Lipinski definition) is 6. The average Bonchev–Trinajstić information content (AvgIpc) is 2.89. The van der Waals surface area contributed by atoms with Gasteiger partial charge in [0.25, 0.3) is 10.1 Å². The monoisotopic (exact) mass is 379 g/mol. The van der Waals surface area contributed by atoms with Crippen molar-refractivity contribution < 1.29 is 27.9 Å². The third kappa shape index (κ3) is 1.95. The maximum Gasteiger partial charge on any atom is 0.269 e. The van der Waals surface area contributed by atoms with Crippen LogP contribution in [0.2, 0.25) is 0 Å². The Kier molecular flexibility index (Phi) is 3.19. The van der Waals surface area contributed by atoms with E-state index in [1.807, 2.05) is 0 Å². The standard InChI is InChI=1S/C18H21NO6S/c1-19-5-4-18-11-2-3-13(20)17(18)25-16-14(21)6-9(8-26(22,23)24)10(15(16)18)7-12(11)19/h2-3,6,11-13,17,20-21H,4-5,7-8H2,1H3,(H,22,23,24)/t11-,12+,13-,17-,18-/m0/s1. The Labute approximate surface area is 151 Å². The molecule has 26 heavy (non-hydrogen) atoms. The minimum absolute atomic E-state index is 0.129. The van der Waals surface area contributed by atoms with E-state index in [4.69, 9.17) is 4.74 Å². The highest BCUT2D eigenvalue weighted by Crippen LogP contribution is 2.63. The van der Waals surface area contributed by atoms with Crippen LogP contribution in [0.15, 0.2) is 18.2 Å². The lowest BCUT2D eigenvalue weighted by Gasteiger charge is -2.56. The Morgan fingerprint density at radius 3 is 2.88 bits per heavy atom. The van der Waals surface area contributed by atoms with Crippen molar-refractivity contribution in [3.8, 4) is 11.5 Å². The Morgan fingerprint density at radius 1 is 1.38 bits per heavy atom. The summed E-state index contributed by atoms with van der Waals surface area (Å²) in [6.45, 7) is 0.837. The summed E-state index contributed by atoms with van der Waals surface area (Å²) in [6, 6.07) is 1.54. The van der Waals surface area contributed by atoms with Crippen LogP contribution >= 0.6 is 0 Å². The van der Waals surface area contributed by atoms with E-state index in [9.17, 15) is 23.2 Å². The average molecular weight is 379 g/mol. The molecule has 0 unspecified atom stereocenters. The van der Waals surface area contributed by atoms with Crippen LogP contribution in [0.1, 0.15) is 23.1 Å². The maximum atomic E-state index is 11.5. The van der Waals surface area contributed by atoms with Gasteiger partial charge in [0.1, 0.15) is 18.0 Å². The molecule has 1 spiro atoms. The van der Waals surface area contributed by atoms with Gasteiger partial charge in [-0.1, -0.05) is 12.2 Å². The number of likely N-dealkylation sites (N-methyl/N-ethyl adjacent to an activating group) is 1. The van der Waals surface area contributed by atoms with Crippen LogP contribution in [0.4, 0.5) is 0 Å². The molecule has 5 atom stereocenters. The summed E-state index contributed by atoms with van der Waals surface area (Å²) >= 11 is 0. The zero-order valence-corrected chi connectivity index (χ0v) is 15.1. The van der Waals surface area contributed by atoms with Gasteiger partial charge in [-0.2, -0.15) is 8.42 Å². The number of piperidine rings is 1. The molecule has 2 aliphatic heterocycles. The number of phenolic OH excluding ortho intramolecular Hbond substituents is 1. The molecule has 140 valence electrons. The number of phenols is 1. The molecule has 7 nitrogen and oxygen atoms in total. The third-order valence-electron chi connectivity index (χ3n) is 6.71. The SMILES string of the molecule is CN1CC[C@]23c4c5c(CS(=O)(=O)O)cc(O)c4O[C@H]2[C@@H](O)C=C[C@H]3[C@H]1C5. The molecule has 0 amide bonds. The highest BCUT2D eigenvalue weighted by atomic mass is 32.2. The lowest BCUT2D eigenvalue weighted by Crippen LogP contribution is -2.64. The summed E-state index contributed by atoms with van der Waals surface area (Å²) < 4.78 is 38.5. The zero-order chi connectivity index (χ0) is 18.4. The quantitative estimate of drug-likeness (QED) is 0.510. The van der Waals surface area contributed by atoms with Crippen molar-refractivity contribution in [1.29, 1.82) is 0 Å². The Balaban J connectivity index is 1.81. The second-order valence-corrected chi connectivity index (χ2v) is 9.40. The second kappa shape index (κ2) is 5.01. The normalized spacial score (nSPS) is 37.3. The molecule has 1 aromatic rings. The van der Waals surface area contributed by atoms with Gasteiger partial charge in [-0.05, 0) is 43.6 Å². The fraction of sp³-hybridized carbons (Fsp3) is 0.556. The number of benzene rings is 1. The minimum Gasteiger partial charge on any atom is -0.504 e. The molecule has 2 bridgehead atoms. The number of aliphatic hydroxyl groups excluding tert-OH is 1. The fourth-order valence-corrected chi connectivity index (χ4v) is 6.37.